The molecule has 1 N–H and O–H groups in total. The number of hydrogen-bond donors (Lipinski definition) is 1. The highest BCUT2D eigenvalue weighted by atomic mass is 31.2. The summed E-state index contributed by atoms with van der Waals surface area (Å²) in [5.41, 5.74) is 0. The molecule has 0 aromatic heterocycles. The molecule has 0 heterocycles. The van der Waals surface area contributed by atoms with Crippen molar-refractivity contribution < 1.29 is 5.11 Å². The van der Waals surface area contributed by atoms with Crippen molar-refractivity contribution in [3.8, 4) is 0 Å². The molecule has 0 radical (unpaired) electrons. The first kappa shape index (κ1) is 16.5. The van der Waals surface area contributed by atoms with Crippen molar-refractivity contribution in [2.24, 2.45) is 0 Å². The molecule has 3 rings (SSSR count). The van der Waals surface area contributed by atoms with Gasteiger partial charge < -0.3 is 5.11 Å². The number of hydrogen-bond acceptors (Lipinski definition) is 1. The van der Waals surface area contributed by atoms with Gasteiger partial charge in [-0.25, -0.2) is 0 Å². The summed E-state index contributed by atoms with van der Waals surface area (Å²) in [5.74, 6) is 2.55. The number of allylic oxidation sites excluding steroid dienone is 1. The fourth-order valence-corrected chi connectivity index (χ4v) is 6.87. The Bertz CT molecular complexity index is 698. The number of rotatable bonds is 5. The second-order valence-corrected chi connectivity index (χ2v) is 8.96. The molecule has 0 aliphatic heterocycles. The van der Waals surface area contributed by atoms with E-state index in [1.807, 2.05) is 25.1 Å². The lowest BCUT2D eigenvalue weighted by Crippen LogP contribution is -2.29. The fourth-order valence-electron chi connectivity index (χ4n) is 2.98. The Morgan fingerprint density at radius 3 is 1.33 bits per heavy atom. The first-order valence-corrected chi connectivity index (χ1v) is 10.1. The lowest BCUT2D eigenvalue weighted by molar-refractivity contribution is 0.396. The lowest BCUT2D eigenvalue weighted by atomic mass is 10.4. The molecule has 0 spiro atoms. The van der Waals surface area contributed by atoms with Gasteiger partial charge in [0, 0.05) is 6.42 Å². The van der Waals surface area contributed by atoms with Crippen molar-refractivity contribution in [3.63, 3.8) is 0 Å². The van der Waals surface area contributed by atoms with Gasteiger partial charge in [0.2, 0.25) is 0 Å². The van der Waals surface area contributed by atoms with E-state index in [-0.39, 0.29) is 0 Å². The molecule has 0 unspecified atom stereocenters. The average molecular weight is 333 g/mol. The molecule has 3 aromatic rings. The molecule has 1 nitrogen and oxygen atoms in total. The third kappa shape index (κ3) is 3.13. The van der Waals surface area contributed by atoms with Gasteiger partial charge in [0.05, 0.1) is 0 Å². The molecule has 120 valence electrons. The van der Waals surface area contributed by atoms with Crippen molar-refractivity contribution in [1.82, 2.24) is 0 Å². The molecule has 0 saturated carbocycles. The minimum atomic E-state index is -2.04. The van der Waals surface area contributed by atoms with Crippen molar-refractivity contribution >= 4 is 23.2 Å². The first-order valence-electron chi connectivity index (χ1n) is 8.23. The Kier molecular flexibility index (Phi) is 5.13. The highest BCUT2D eigenvalue weighted by molar-refractivity contribution is 7.98. The SMILES string of the molecule is CC/C(O)=C/[P+](c1ccccc1)(c1ccccc1)c1ccccc1. The average Bonchev–Trinajstić information content (AvgIpc) is 2.68. The highest BCUT2D eigenvalue weighted by Crippen LogP contribution is 2.57. The van der Waals surface area contributed by atoms with Crippen molar-refractivity contribution in [1.29, 1.82) is 0 Å². The fraction of sp³-hybridized carbons (Fsp3) is 0.0909. The highest BCUT2D eigenvalue weighted by Gasteiger charge is 2.44. The second kappa shape index (κ2) is 7.47. The Balaban J connectivity index is 2.37. The quantitative estimate of drug-likeness (QED) is 0.526. The Hall–Kier alpha value is -2.37. The molecule has 0 aliphatic rings. The van der Waals surface area contributed by atoms with E-state index in [2.05, 4.69) is 78.6 Å². The zero-order valence-electron chi connectivity index (χ0n) is 13.8. The molecule has 2 heteroatoms. The molecular weight excluding hydrogens is 311 g/mol. The summed E-state index contributed by atoms with van der Waals surface area (Å²) in [6.45, 7) is 1.99. The van der Waals surface area contributed by atoms with Crippen LogP contribution in [0, 0.1) is 0 Å². The third-order valence-corrected chi connectivity index (χ3v) is 8.22. The minimum Gasteiger partial charge on any atom is -0.509 e. The van der Waals surface area contributed by atoms with E-state index in [1.165, 1.54) is 15.9 Å². The van der Waals surface area contributed by atoms with Gasteiger partial charge in [0.25, 0.3) is 0 Å². The summed E-state index contributed by atoms with van der Waals surface area (Å²) in [4.78, 5) is 0. The van der Waals surface area contributed by atoms with Gasteiger partial charge in [-0.05, 0) is 36.4 Å². The van der Waals surface area contributed by atoms with Crippen LogP contribution in [-0.4, -0.2) is 5.11 Å². The van der Waals surface area contributed by atoms with Crippen molar-refractivity contribution in [2.75, 3.05) is 0 Å². The van der Waals surface area contributed by atoms with E-state index >= 15 is 0 Å². The van der Waals surface area contributed by atoms with Gasteiger partial charge in [-0.1, -0.05) is 61.5 Å². The number of aliphatic hydroxyl groups excluding tert-OH is 1. The molecule has 3 aromatic carbocycles. The predicted molar refractivity (Wildman–Crippen MR) is 106 cm³/mol. The monoisotopic (exact) mass is 333 g/mol. The Labute approximate surface area is 144 Å². The topological polar surface area (TPSA) is 20.2 Å². The molecule has 24 heavy (non-hydrogen) atoms. The maximum atomic E-state index is 10.5. The standard InChI is InChI=1S/C22H21OP/c1-2-19(23)18-24(20-12-6-3-7-13-20,21-14-8-4-9-15-21)22-16-10-5-11-17-22/h3-18H,2H2,1H3/p+1/b19-18-. The zero-order valence-corrected chi connectivity index (χ0v) is 14.7. The second-order valence-electron chi connectivity index (χ2n) is 5.70. The normalized spacial score (nSPS) is 12.1. The van der Waals surface area contributed by atoms with Crippen LogP contribution in [0.15, 0.2) is 103 Å². The predicted octanol–water partition coefficient (Wildman–Crippen LogP) is 4.79. The molecule has 0 saturated heterocycles. The van der Waals surface area contributed by atoms with E-state index in [4.69, 9.17) is 0 Å². The Morgan fingerprint density at radius 1 is 0.708 bits per heavy atom. The molecular formula is C22H22OP+. The molecule has 0 amide bonds. The summed E-state index contributed by atoms with van der Waals surface area (Å²) in [6.07, 6.45) is 0.633. The van der Waals surface area contributed by atoms with Crippen LogP contribution in [0.2, 0.25) is 0 Å². The lowest BCUT2D eigenvalue weighted by Gasteiger charge is -2.24. The molecule has 0 atom stereocenters. The van der Waals surface area contributed by atoms with Crippen LogP contribution in [0.3, 0.4) is 0 Å². The van der Waals surface area contributed by atoms with Gasteiger partial charge in [-0.2, -0.15) is 0 Å². The van der Waals surface area contributed by atoms with Crippen LogP contribution in [0.5, 0.6) is 0 Å². The summed E-state index contributed by atoms with van der Waals surface area (Å²) >= 11 is 0. The molecule has 0 fully saturated rings. The first-order chi connectivity index (χ1) is 11.8. The van der Waals surface area contributed by atoms with Crippen LogP contribution in [0.25, 0.3) is 0 Å². The maximum absolute atomic E-state index is 10.5. The van der Waals surface area contributed by atoms with Gasteiger partial charge >= 0.3 is 0 Å². The summed E-state index contributed by atoms with van der Waals surface area (Å²) < 4.78 is 0. The van der Waals surface area contributed by atoms with Crippen LogP contribution < -0.4 is 15.9 Å². The summed E-state index contributed by atoms with van der Waals surface area (Å²) in [7, 11) is -2.04. The number of benzene rings is 3. The zero-order chi connectivity index (χ0) is 16.8. The summed E-state index contributed by atoms with van der Waals surface area (Å²) in [5, 5.41) is 14.2. The maximum Gasteiger partial charge on any atom is 0.140 e. The van der Waals surface area contributed by atoms with Gasteiger partial charge in [0.15, 0.2) is 0 Å². The largest absolute Gasteiger partial charge is 0.509 e. The van der Waals surface area contributed by atoms with E-state index in [0.29, 0.717) is 12.2 Å². The van der Waals surface area contributed by atoms with Crippen molar-refractivity contribution in [3.05, 3.63) is 103 Å². The Morgan fingerprint density at radius 2 is 1.04 bits per heavy atom. The van der Waals surface area contributed by atoms with E-state index in [1.54, 1.807) is 0 Å². The van der Waals surface area contributed by atoms with Crippen LogP contribution in [0.4, 0.5) is 0 Å². The van der Waals surface area contributed by atoms with Crippen LogP contribution >= 0.6 is 7.26 Å². The minimum absolute atomic E-state index is 0.444. The van der Waals surface area contributed by atoms with E-state index in [0.717, 1.165) is 0 Å². The van der Waals surface area contributed by atoms with Gasteiger partial charge in [-0.15, -0.1) is 0 Å². The van der Waals surface area contributed by atoms with Gasteiger partial charge in [0.1, 0.15) is 34.8 Å². The van der Waals surface area contributed by atoms with E-state index in [9.17, 15) is 5.11 Å². The molecule has 0 bridgehead atoms. The van der Waals surface area contributed by atoms with Gasteiger partial charge in [-0.3, -0.25) is 0 Å². The van der Waals surface area contributed by atoms with Crippen molar-refractivity contribution in [2.45, 2.75) is 13.3 Å². The summed E-state index contributed by atoms with van der Waals surface area (Å²) in [6, 6.07) is 31.6. The van der Waals surface area contributed by atoms with E-state index < -0.39 is 7.26 Å². The van der Waals surface area contributed by atoms with Crippen LogP contribution in [-0.2, 0) is 0 Å². The third-order valence-electron chi connectivity index (χ3n) is 4.20. The number of aliphatic hydroxyl groups is 1. The smallest absolute Gasteiger partial charge is 0.140 e. The molecule has 0 aliphatic carbocycles. The van der Waals surface area contributed by atoms with Crippen LogP contribution in [0.1, 0.15) is 13.3 Å².